The summed E-state index contributed by atoms with van der Waals surface area (Å²) in [4.78, 5) is 25.1. The van der Waals surface area contributed by atoms with E-state index in [9.17, 15) is 9.59 Å². The standard InChI is InChI=1S/C12H18N4O3/c1-3-12(2)11(19)13-4-5-16(12)7-8-6-14-15-9(8)10(17)18/h6H,3-5,7H2,1-2H3,(H,13,19)(H,14,15)(H,17,18)/t12-/m1/s1. The molecule has 1 aliphatic rings. The molecular formula is C12H18N4O3. The number of nitrogens with zero attached hydrogens (tertiary/aromatic N) is 2. The summed E-state index contributed by atoms with van der Waals surface area (Å²) in [5.74, 6) is -1.05. The number of rotatable bonds is 4. The average Bonchev–Trinajstić information content (AvgIpc) is 2.83. The van der Waals surface area contributed by atoms with Crippen LogP contribution in [0.3, 0.4) is 0 Å². The maximum absolute atomic E-state index is 12.0. The van der Waals surface area contributed by atoms with Crippen LogP contribution in [-0.2, 0) is 11.3 Å². The van der Waals surface area contributed by atoms with E-state index < -0.39 is 11.5 Å². The second-order valence-electron chi connectivity index (χ2n) is 4.88. The van der Waals surface area contributed by atoms with Crippen LogP contribution in [0.5, 0.6) is 0 Å². The van der Waals surface area contributed by atoms with Gasteiger partial charge >= 0.3 is 5.97 Å². The predicted octanol–water partition coefficient (Wildman–Crippen LogP) is 0.208. The summed E-state index contributed by atoms with van der Waals surface area (Å²) in [6.45, 7) is 5.50. The van der Waals surface area contributed by atoms with E-state index in [0.29, 0.717) is 31.6 Å². The van der Waals surface area contributed by atoms with Gasteiger partial charge in [-0.05, 0) is 13.3 Å². The highest BCUT2D eigenvalue weighted by Crippen LogP contribution is 2.25. The summed E-state index contributed by atoms with van der Waals surface area (Å²) in [5, 5.41) is 18.1. The molecule has 1 atom stereocenters. The number of hydrogen-bond acceptors (Lipinski definition) is 4. The largest absolute Gasteiger partial charge is 0.477 e. The molecule has 19 heavy (non-hydrogen) atoms. The highest BCUT2D eigenvalue weighted by atomic mass is 16.4. The maximum Gasteiger partial charge on any atom is 0.354 e. The molecule has 1 aromatic rings. The van der Waals surface area contributed by atoms with E-state index in [0.717, 1.165) is 0 Å². The van der Waals surface area contributed by atoms with Gasteiger partial charge < -0.3 is 10.4 Å². The van der Waals surface area contributed by atoms with Crippen molar-refractivity contribution >= 4 is 11.9 Å². The van der Waals surface area contributed by atoms with Gasteiger partial charge in [-0.25, -0.2) is 4.79 Å². The van der Waals surface area contributed by atoms with E-state index >= 15 is 0 Å². The summed E-state index contributed by atoms with van der Waals surface area (Å²) < 4.78 is 0. The molecule has 1 aromatic heterocycles. The van der Waals surface area contributed by atoms with Crippen LogP contribution in [0.2, 0.25) is 0 Å². The molecule has 7 heteroatoms. The van der Waals surface area contributed by atoms with Crippen LogP contribution in [0.25, 0.3) is 0 Å². The van der Waals surface area contributed by atoms with Gasteiger partial charge in [0, 0.05) is 25.2 Å². The quantitative estimate of drug-likeness (QED) is 0.723. The molecule has 104 valence electrons. The number of piperazine rings is 1. The SMILES string of the molecule is CC[C@]1(C)C(=O)NCCN1Cc1cn[nH]c1C(=O)O. The topological polar surface area (TPSA) is 98.3 Å². The first-order chi connectivity index (χ1) is 8.99. The van der Waals surface area contributed by atoms with Gasteiger partial charge in [0.25, 0.3) is 0 Å². The second-order valence-corrected chi connectivity index (χ2v) is 4.88. The van der Waals surface area contributed by atoms with Crippen LogP contribution < -0.4 is 5.32 Å². The summed E-state index contributed by atoms with van der Waals surface area (Å²) in [6, 6.07) is 0. The number of carbonyl (C=O) groups excluding carboxylic acids is 1. The van der Waals surface area contributed by atoms with Gasteiger partial charge in [0.1, 0.15) is 5.69 Å². The van der Waals surface area contributed by atoms with Crippen molar-refractivity contribution in [1.29, 1.82) is 0 Å². The van der Waals surface area contributed by atoms with Crippen LogP contribution in [0.4, 0.5) is 0 Å². The van der Waals surface area contributed by atoms with E-state index in [1.807, 2.05) is 18.7 Å². The Morgan fingerprint density at radius 3 is 3.00 bits per heavy atom. The second kappa shape index (κ2) is 5.00. The van der Waals surface area contributed by atoms with Crippen LogP contribution in [-0.4, -0.2) is 50.7 Å². The third-order valence-electron chi connectivity index (χ3n) is 3.84. The molecule has 0 aromatic carbocycles. The lowest BCUT2D eigenvalue weighted by Crippen LogP contribution is -2.62. The fourth-order valence-corrected chi connectivity index (χ4v) is 2.34. The molecular weight excluding hydrogens is 248 g/mol. The number of nitrogens with one attached hydrogen (secondary N) is 2. The number of aromatic carboxylic acids is 1. The zero-order chi connectivity index (χ0) is 14.0. The Morgan fingerprint density at radius 1 is 1.63 bits per heavy atom. The molecule has 0 bridgehead atoms. The number of amides is 1. The van der Waals surface area contributed by atoms with Gasteiger partial charge in [-0.15, -0.1) is 0 Å². The third-order valence-corrected chi connectivity index (χ3v) is 3.84. The number of carbonyl (C=O) groups is 2. The Bertz CT molecular complexity index is 499. The Morgan fingerprint density at radius 2 is 2.37 bits per heavy atom. The molecule has 0 radical (unpaired) electrons. The van der Waals surface area contributed by atoms with Gasteiger partial charge in [-0.2, -0.15) is 5.10 Å². The van der Waals surface area contributed by atoms with Gasteiger partial charge in [-0.1, -0.05) is 6.92 Å². The van der Waals surface area contributed by atoms with Gasteiger partial charge in [0.05, 0.1) is 11.7 Å². The van der Waals surface area contributed by atoms with Crippen molar-refractivity contribution in [3.8, 4) is 0 Å². The van der Waals surface area contributed by atoms with E-state index in [1.54, 1.807) is 0 Å². The average molecular weight is 266 g/mol. The van der Waals surface area contributed by atoms with E-state index in [-0.39, 0.29) is 11.6 Å². The Kier molecular flexibility index (Phi) is 3.57. The zero-order valence-electron chi connectivity index (χ0n) is 11.1. The molecule has 1 fully saturated rings. The molecule has 0 unspecified atom stereocenters. The summed E-state index contributed by atoms with van der Waals surface area (Å²) in [6.07, 6.45) is 2.17. The number of aromatic nitrogens is 2. The van der Waals surface area contributed by atoms with Gasteiger partial charge in [0.15, 0.2) is 0 Å². The van der Waals surface area contributed by atoms with Crippen molar-refractivity contribution in [1.82, 2.24) is 20.4 Å². The smallest absolute Gasteiger partial charge is 0.354 e. The third kappa shape index (κ3) is 2.33. The minimum Gasteiger partial charge on any atom is -0.477 e. The molecule has 2 heterocycles. The molecule has 0 aliphatic carbocycles. The molecule has 7 nitrogen and oxygen atoms in total. The molecule has 3 N–H and O–H groups in total. The van der Waals surface area contributed by atoms with Crippen molar-refractivity contribution < 1.29 is 14.7 Å². The van der Waals surface area contributed by atoms with Crippen LogP contribution >= 0.6 is 0 Å². The number of aromatic amines is 1. The Balaban J connectivity index is 2.23. The molecule has 0 spiro atoms. The summed E-state index contributed by atoms with van der Waals surface area (Å²) in [5.41, 5.74) is 0.0805. The molecule has 1 amide bonds. The van der Waals surface area contributed by atoms with Crippen LogP contribution in [0.1, 0.15) is 36.3 Å². The van der Waals surface area contributed by atoms with Crippen molar-refractivity contribution in [2.45, 2.75) is 32.4 Å². The van der Waals surface area contributed by atoms with E-state index in [2.05, 4.69) is 15.5 Å². The van der Waals surface area contributed by atoms with Crippen molar-refractivity contribution in [2.24, 2.45) is 0 Å². The van der Waals surface area contributed by atoms with E-state index in [4.69, 9.17) is 5.11 Å². The fourth-order valence-electron chi connectivity index (χ4n) is 2.34. The lowest BCUT2D eigenvalue weighted by Gasteiger charge is -2.43. The number of H-pyrrole nitrogens is 1. The highest BCUT2D eigenvalue weighted by molar-refractivity contribution is 5.87. The molecule has 1 aliphatic heterocycles. The van der Waals surface area contributed by atoms with E-state index in [1.165, 1.54) is 6.20 Å². The van der Waals surface area contributed by atoms with Crippen molar-refractivity contribution in [3.05, 3.63) is 17.5 Å². The Hall–Kier alpha value is -1.89. The number of carboxylic acid groups (broad SMARTS) is 1. The molecule has 2 rings (SSSR count). The lowest BCUT2D eigenvalue weighted by molar-refractivity contribution is -0.137. The first-order valence-corrected chi connectivity index (χ1v) is 6.28. The summed E-state index contributed by atoms with van der Waals surface area (Å²) >= 11 is 0. The first kappa shape index (κ1) is 13.5. The van der Waals surface area contributed by atoms with Gasteiger partial charge in [0.2, 0.25) is 5.91 Å². The minimum absolute atomic E-state index is 0.0124. The number of hydrogen-bond donors (Lipinski definition) is 3. The molecule has 0 saturated carbocycles. The first-order valence-electron chi connectivity index (χ1n) is 6.28. The highest BCUT2D eigenvalue weighted by Gasteiger charge is 2.40. The van der Waals surface area contributed by atoms with Crippen LogP contribution in [0, 0.1) is 0 Å². The van der Waals surface area contributed by atoms with Gasteiger partial charge in [-0.3, -0.25) is 14.8 Å². The number of carboxylic acids is 1. The monoisotopic (exact) mass is 266 g/mol. The Labute approximate surface area is 111 Å². The van der Waals surface area contributed by atoms with Crippen molar-refractivity contribution in [2.75, 3.05) is 13.1 Å². The normalized spacial score (nSPS) is 24.2. The van der Waals surface area contributed by atoms with Crippen molar-refractivity contribution in [3.63, 3.8) is 0 Å². The molecule has 1 saturated heterocycles. The minimum atomic E-state index is -1.04. The lowest BCUT2D eigenvalue weighted by atomic mass is 9.92. The maximum atomic E-state index is 12.0. The fraction of sp³-hybridized carbons (Fsp3) is 0.583. The van der Waals surface area contributed by atoms with Crippen LogP contribution in [0.15, 0.2) is 6.20 Å². The predicted molar refractivity (Wildman–Crippen MR) is 67.7 cm³/mol. The summed E-state index contributed by atoms with van der Waals surface area (Å²) in [7, 11) is 0. The zero-order valence-corrected chi connectivity index (χ0v) is 11.1.